The van der Waals surface area contributed by atoms with Crippen LogP contribution in [0.5, 0.6) is 0 Å². The van der Waals surface area contributed by atoms with Gasteiger partial charge in [-0.1, -0.05) is 19.9 Å². The van der Waals surface area contributed by atoms with Crippen molar-refractivity contribution in [3.05, 3.63) is 28.2 Å². The highest BCUT2D eigenvalue weighted by Crippen LogP contribution is 2.29. The van der Waals surface area contributed by atoms with Gasteiger partial charge in [0, 0.05) is 17.6 Å². The maximum absolute atomic E-state index is 9.55. The Hall–Kier alpha value is -0.540. The largest absolute Gasteiger partial charge is 0.389 e. The molecule has 1 aromatic rings. The van der Waals surface area contributed by atoms with Gasteiger partial charge in [-0.25, -0.2) is 0 Å². The second-order valence-corrected chi connectivity index (χ2v) is 5.67. The lowest BCUT2D eigenvalue weighted by Gasteiger charge is -2.26. The van der Waals surface area contributed by atoms with E-state index in [1.165, 1.54) is 5.69 Å². The number of hydrogen-bond donors (Lipinski definition) is 1. The number of aliphatic hydroxyl groups is 1. The van der Waals surface area contributed by atoms with Crippen LogP contribution >= 0.6 is 15.9 Å². The zero-order valence-electron chi connectivity index (χ0n) is 11.1. The van der Waals surface area contributed by atoms with Gasteiger partial charge in [-0.05, 0) is 53.4 Å². The van der Waals surface area contributed by atoms with Crippen molar-refractivity contribution in [3.8, 4) is 0 Å². The zero-order valence-corrected chi connectivity index (χ0v) is 12.7. The predicted octanol–water partition coefficient (Wildman–Crippen LogP) is 3.98. The van der Waals surface area contributed by atoms with E-state index in [0.717, 1.165) is 23.1 Å². The second kappa shape index (κ2) is 6.41. The first kappa shape index (κ1) is 14.5. The molecule has 0 aliphatic rings. The fourth-order valence-electron chi connectivity index (χ4n) is 1.88. The number of anilines is 1. The summed E-state index contributed by atoms with van der Waals surface area (Å²) >= 11 is 3.59. The van der Waals surface area contributed by atoms with Crippen molar-refractivity contribution in [2.24, 2.45) is 5.92 Å². The molecule has 1 aromatic carbocycles. The fourth-order valence-corrected chi connectivity index (χ4v) is 2.53. The second-order valence-electron chi connectivity index (χ2n) is 4.82. The van der Waals surface area contributed by atoms with Crippen molar-refractivity contribution >= 4 is 21.6 Å². The molecule has 0 aromatic heterocycles. The maximum atomic E-state index is 9.55. The average molecular weight is 300 g/mol. The molecule has 0 heterocycles. The SMILES string of the molecule is CCN(CC(C)C)c1ccc([C@H](C)O)cc1Br. The van der Waals surface area contributed by atoms with Gasteiger partial charge in [-0.2, -0.15) is 0 Å². The lowest BCUT2D eigenvalue weighted by molar-refractivity contribution is 0.199. The molecule has 0 saturated heterocycles. The average Bonchev–Trinajstić information content (AvgIpc) is 2.25. The van der Waals surface area contributed by atoms with E-state index in [-0.39, 0.29) is 0 Å². The lowest BCUT2D eigenvalue weighted by Crippen LogP contribution is -2.27. The summed E-state index contributed by atoms with van der Waals surface area (Å²) in [5.74, 6) is 0.637. The van der Waals surface area contributed by atoms with Gasteiger partial charge in [0.1, 0.15) is 0 Å². The van der Waals surface area contributed by atoms with Crippen molar-refractivity contribution < 1.29 is 5.11 Å². The minimum Gasteiger partial charge on any atom is -0.389 e. The zero-order chi connectivity index (χ0) is 13.0. The Morgan fingerprint density at radius 2 is 1.94 bits per heavy atom. The minimum atomic E-state index is -0.416. The minimum absolute atomic E-state index is 0.416. The first-order valence-electron chi connectivity index (χ1n) is 6.18. The molecule has 2 nitrogen and oxygen atoms in total. The van der Waals surface area contributed by atoms with Crippen molar-refractivity contribution in [1.82, 2.24) is 0 Å². The number of aliphatic hydroxyl groups excluding tert-OH is 1. The van der Waals surface area contributed by atoms with Crippen LogP contribution < -0.4 is 4.90 Å². The van der Waals surface area contributed by atoms with Crippen LogP contribution in [-0.2, 0) is 0 Å². The van der Waals surface area contributed by atoms with Gasteiger partial charge >= 0.3 is 0 Å². The van der Waals surface area contributed by atoms with Gasteiger partial charge in [0.2, 0.25) is 0 Å². The normalized spacial score (nSPS) is 12.9. The van der Waals surface area contributed by atoms with Crippen molar-refractivity contribution in [1.29, 1.82) is 0 Å². The quantitative estimate of drug-likeness (QED) is 0.889. The summed E-state index contributed by atoms with van der Waals surface area (Å²) in [6, 6.07) is 6.08. The van der Waals surface area contributed by atoms with E-state index in [0.29, 0.717) is 5.92 Å². The predicted molar refractivity (Wildman–Crippen MR) is 77.5 cm³/mol. The van der Waals surface area contributed by atoms with Gasteiger partial charge in [0.05, 0.1) is 11.8 Å². The highest BCUT2D eigenvalue weighted by atomic mass is 79.9. The van der Waals surface area contributed by atoms with Crippen LogP contribution in [-0.4, -0.2) is 18.2 Å². The number of hydrogen-bond acceptors (Lipinski definition) is 2. The molecular formula is C14H22BrNO. The molecule has 1 rings (SSSR count). The molecule has 0 amide bonds. The Balaban J connectivity index is 2.96. The topological polar surface area (TPSA) is 23.5 Å². The Morgan fingerprint density at radius 1 is 1.29 bits per heavy atom. The first-order valence-corrected chi connectivity index (χ1v) is 6.97. The number of benzene rings is 1. The molecule has 0 radical (unpaired) electrons. The maximum Gasteiger partial charge on any atom is 0.0762 e. The summed E-state index contributed by atoms with van der Waals surface area (Å²) in [6.45, 7) is 10.4. The molecule has 0 spiro atoms. The summed E-state index contributed by atoms with van der Waals surface area (Å²) in [7, 11) is 0. The van der Waals surface area contributed by atoms with E-state index in [9.17, 15) is 5.11 Å². The van der Waals surface area contributed by atoms with E-state index >= 15 is 0 Å². The fraction of sp³-hybridized carbons (Fsp3) is 0.571. The van der Waals surface area contributed by atoms with Crippen LogP contribution in [0.15, 0.2) is 22.7 Å². The number of halogens is 1. The molecule has 0 fully saturated rings. The van der Waals surface area contributed by atoms with Crippen LogP contribution in [0.25, 0.3) is 0 Å². The lowest BCUT2D eigenvalue weighted by atomic mass is 10.1. The summed E-state index contributed by atoms with van der Waals surface area (Å²) in [4.78, 5) is 2.35. The summed E-state index contributed by atoms with van der Waals surface area (Å²) in [6.07, 6.45) is -0.416. The third-order valence-corrected chi connectivity index (χ3v) is 3.40. The van der Waals surface area contributed by atoms with Crippen LogP contribution in [0.1, 0.15) is 39.4 Å². The Kier molecular flexibility index (Phi) is 5.47. The van der Waals surface area contributed by atoms with Crippen molar-refractivity contribution in [2.75, 3.05) is 18.0 Å². The molecule has 0 saturated carbocycles. The Morgan fingerprint density at radius 3 is 2.35 bits per heavy atom. The van der Waals surface area contributed by atoms with Crippen molar-refractivity contribution in [2.45, 2.75) is 33.8 Å². The molecule has 1 N–H and O–H groups in total. The molecule has 1 atom stereocenters. The van der Waals surface area contributed by atoms with Gasteiger partial charge < -0.3 is 10.0 Å². The molecule has 0 aliphatic carbocycles. The van der Waals surface area contributed by atoms with Crippen LogP contribution in [0.4, 0.5) is 5.69 Å². The molecule has 96 valence electrons. The third-order valence-electron chi connectivity index (χ3n) is 2.76. The molecule has 0 bridgehead atoms. The first-order chi connectivity index (χ1) is 7.95. The van der Waals surface area contributed by atoms with Gasteiger partial charge in [0.25, 0.3) is 0 Å². The van der Waals surface area contributed by atoms with E-state index in [2.05, 4.69) is 47.7 Å². The highest BCUT2D eigenvalue weighted by molar-refractivity contribution is 9.10. The van der Waals surface area contributed by atoms with E-state index in [1.54, 1.807) is 6.92 Å². The number of rotatable bonds is 5. The van der Waals surface area contributed by atoms with Gasteiger partial charge in [0.15, 0.2) is 0 Å². The number of nitrogens with zero attached hydrogens (tertiary/aromatic N) is 1. The monoisotopic (exact) mass is 299 g/mol. The molecular weight excluding hydrogens is 278 g/mol. The summed E-state index contributed by atoms with van der Waals surface area (Å²) in [5, 5.41) is 9.55. The van der Waals surface area contributed by atoms with Crippen molar-refractivity contribution in [3.63, 3.8) is 0 Å². The molecule has 0 aliphatic heterocycles. The van der Waals surface area contributed by atoms with E-state index < -0.39 is 6.10 Å². The van der Waals surface area contributed by atoms with Crippen LogP contribution in [0.3, 0.4) is 0 Å². The Labute approximate surface area is 113 Å². The van der Waals surface area contributed by atoms with Crippen LogP contribution in [0.2, 0.25) is 0 Å². The van der Waals surface area contributed by atoms with E-state index in [1.807, 2.05) is 12.1 Å². The Bertz CT molecular complexity index is 363. The van der Waals surface area contributed by atoms with Gasteiger partial charge in [-0.3, -0.25) is 0 Å². The standard InChI is InChI=1S/C14H22BrNO/c1-5-16(9-10(2)3)14-7-6-12(11(4)17)8-13(14)15/h6-8,10-11,17H,5,9H2,1-4H3/t11-/m0/s1. The third kappa shape index (κ3) is 4.00. The van der Waals surface area contributed by atoms with Gasteiger partial charge in [-0.15, -0.1) is 0 Å². The molecule has 3 heteroatoms. The molecule has 0 unspecified atom stereocenters. The molecule has 17 heavy (non-hydrogen) atoms. The summed E-state index contributed by atoms with van der Waals surface area (Å²) in [5.41, 5.74) is 2.15. The summed E-state index contributed by atoms with van der Waals surface area (Å²) < 4.78 is 1.05. The van der Waals surface area contributed by atoms with Crippen LogP contribution in [0, 0.1) is 5.92 Å². The highest BCUT2D eigenvalue weighted by Gasteiger charge is 2.11. The van der Waals surface area contributed by atoms with E-state index in [4.69, 9.17) is 0 Å². The smallest absolute Gasteiger partial charge is 0.0762 e.